The molecule has 0 aliphatic rings. The molecule has 21 heavy (non-hydrogen) atoms. The zero-order valence-corrected chi connectivity index (χ0v) is 13.4. The van der Waals surface area contributed by atoms with Crippen molar-refractivity contribution in [3.8, 4) is 0 Å². The minimum atomic E-state index is -3.46. The van der Waals surface area contributed by atoms with Crippen molar-refractivity contribution in [1.82, 2.24) is 4.72 Å². The van der Waals surface area contributed by atoms with Crippen LogP contribution < -0.4 is 4.72 Å². The topological polar surface area (TPSA) is 83.5 Å². The minimum absolute atomic E-state index is 0.175. The van der Waals surface area contributed by atoms with Crippen LogP contribution in [0.15, 0.2) is 23.1 Å². The predicted molar refractivity (Wildman–Crippen MR) is 81.8 cm³/mol. The molecule has 0 unspecified atom stereocenters. The molecule has 0 saturated carbocycles. The lowest BCUT2D eigenvalue weighted by Gasteiger charge is -2.10. The molecule has 0 heterocycles. The van der Waals surface area contributed by atoms with E-state index in [9.17, 15) is 13.2 Å². The predicted octanol–water partition coefficient (Wildman–Crippen LogP) is 2.62. The van der Waals surface area contributed by atoms with Gasteiger partial charge in [-0.1, -0.05) is 25.0 Å². The Hall–Kier alpha value is -1.40. The van der Waals surface area contributed by atoms with Gasteiger partial charge in [0.2, 0.25) is 10.0 Å². The molecule has 0 bridgehead atoms. The second-order valence-electron chi connectivity index (χ2n) is 5.22. The van der Waals surface area contributed by atoms with Crippen molar-refractivity contribution in [2.75, 3.05) is 6.54 Å². The van der Waals surface area contributed by atoms with Gasteiger partial charge in [0.25, 0.3) is 0 Å². The van der Waals surface area contributed by atoms with Gasteiger partial charge in [-0.15, -0.1) is 0 Å². The number of sulfonamides is 1. The van der Waals surface area contributed by atoms with Crippen LogP contribution in [0.5, 0.6) is 0 Å². The van der Waals surface area contributed by atoms with E-state index in [4.69, 9.17) is 5.11 Å². The minimum Gasteiger partial charge on any atom is -0.481 e. The van der Waals surface area contributed by atoms with Crippen LogP contribution in [0, 0.1) is 13.8 Å². The summed E-state index contributed by atoms with van der Waals surface area (Å²) in [6, 6.07) is 5.36. The van der Waals surface area contributed by atoms with Gasteiger partial charge in [0.05, 0.1) is 4.90 Å². The normalized spacial score (nSPS) is 11.5. The van der Waals surface area contributed by atoms with E-state index in [-0.39, 0.29) is 6.42 Å². The fourth-order valence-corrected chi connectivity index (χ4v) is 3.44. The van der Waals surface area contributed by atoms with Gasteiger partial charge < -0.3 is 5.11 Å². The lowest BCUT2D eigenvalue weighted by atomic mass is 10.1. The molecular formula is C15H23NO4S. The third-order valence-electron chi connectivity index (χ3n) is 3.24. The molecule has 0 saturated heterocycles. The van der Waals surface area contributed by atoms with Crippen molar-refractivity contribution < 1.29 is 18.3 Å². The summed E-state index contributed by atoms with van der Waals surface area (Å²) < 4.78 is 27.0. The molecule has 1 rings (SSSR count). The molecule has 5 nitrogen and oxygen atoms in total. The monoisotopic (exact) mass is 313 g/mol. The van der Waals surface area contributed by atoms with Crippen LogP contribution in [0.25, 0.3) is 0 Å². The van der Waals surface area contributed by atoms with Crippen molar-refractivity contribution in [2.45, 2.75) is 50.8 Å². The molecule has 0 atom stereocenters. The summed E-state index contributed by atoms with van der Waals surface area (Å²) in [7, 11) is -3.46. The van der Waals surface area contributed by atoms with Gasteiger partial charge in [-0.25, -0.2) is 13.1 Å². The Kier molecular flexibility index (Phi) is 6.84. The van der Waals surface area contributed by atoms with E-state index in [0.717, 1.165) is 24.0 Å². The number of benzene rings is 1. The third kappa shape index (κ3) is 6.27. The second kappa shape index (κ2) is 8.14. The van der Waals surface area contributed by atoms with Crippen LogP contribution in [0.1, 0.15) is 43.2 Å². The maximum absolute atomic E-state index is 12.2. The zero-order valence-electron chi connectivity index (χ0n) is 12.6. The maximum atomic E-state index is 12.2. The number of hydrogen-bond donors (Lipinski definition) is 2. The molecule has 0 radical (unpaired) electrons. The summed E-state index contributed by atoms with van der Waals surface area (Å²) in [4.78, 5) is 10.7. The number of rotatable bonds is 9. The summed E-state index contributed by atoms with van der Waals surface area (Å²) in [5, 5.41) is 8.51. The van der Waals surface area contributed by atoms with Gasteiger partial charge in [0, 0.05) is 13.0 Å². The molecule has 118 valence electrons. The van der Waals surface area contributed by atoms with Crippen molar-refractivity contribution >= 4 is 16.0 Å². The quantitative estimate of drug-likeness (QED) is 0.686. The number of unbranched alkanes of at least 4 members (excludes halogenated alkanes) is 3. The number of carboxylic acid groups (broad SMARTS) is 1. The molecule has 1 aromatic rings. The van der Waals surface area contributed by atoms with Crippen LogP contribution >= 0.6 is 0 Å². The van der Waals surface area contributed by atoms with Crippen molar-refractivity contribution in [3.63, 3.8) is 0 Å². The Bertz CT molecular complexity index is 581. The number of nitrogens with one attached hydrogen (secondary N) is 1. The Labute approximate surface area is 126 Å². The molecule has 0 aliphatic heterocycles. The first kappa shape index (κ1) is 17.7. The molecule has 2 N–H and O–H groups in total. The highest BCUT2D eigenvalue weighted by Crippen LogP contribution is 2.16. The average Bonchev–Trinajstić information content (AvgIpc) is 2.40. The highest BCUT2D eigenvalue weighted by molar-refractivity contribution is 7.89. The van der Waals surface area contributed by atoms with Crippen molar-refractivity contribution in [2.24, 2.45) is 0 Å². The number of carboxylic acids is 1. The number of carbonyl (C=O) groups is 1. The molecule has 0 aliphatic carbocycles. The first-order chi connectivity index (χ1) is 9.83. The van der Waals surface area contributed by atoms with Crippen LogP contribution in [0.2, 0.25) is 0 Å². The fraction of sp³-hybridized carbons (Fsp3) is 0.533. The Morgan fingerprint density at radius 3 is 2.48 bits per heavy atom. The van der Waals surface area contributed by atoms with Gasteiger partial charge in [0.1, 0.15) is 0 Å². The lowest BCUT2D eigenvalue weighted by molar-refractivity contribution is -0.137. The van der Waals surface area contributed by atoms with E-state index >= 15 is 0 Å². The number of aliphatic carboxylic acids is 1. The summed E-state index contributed by atoms with van der Waals surface area (Å²) in [5.41, 5.74) is 1.64. The van der Waals surface area contributed by atoms with Crippen LogP contribution in [-0.4, -0.2) is 26.0 Å². The Morgan fingerprint density at radius 1 is 1.14 bits per heavy atom. The van der Waals surface area contributed by atoms with Gasteiger partial charge in [-0.2, -0.15) is 0 Å². The highest BCUT2D eigenvalue weighted by Gasteiger charge is 2.15. The summed E-state index contributed by atoms with van der Waals surface area (Å²) in [5.74, 6) is -0.786. The Balaban J connectivity index is 2.40. The van der Waals surface area contributed by atoms with Crippen LogP contribution in [-0.2, 0) is 14.8 Å². The highest BCUT2D eigenvalue weighted by atomic mass is 32.2. The molecular weight excluding hydrogens is 290 g/mol. The van der Waals surface area contributed by atoms with E-state index in [1.807, 2.05) is 13.0 Å². The van der Waals surface area contributed by atoms with Gasteiger partial charge in [-0.05, 0) is 43.9 Å². The van der Waals surface area contributed by atoms with E-state index < -0.39 is 16.0 Å². The van der Waals surface area contributed by atoms with E-state index in [1.165, 1.54) is 0 Å². The fourth-order valence-electron chi connectivity index (χ4n) is 2.04. The smallest absolute Gasteiger partial charge is 0.303 e. The number of hydrogen-bond acceptors (Lipinski definition) is 3. The van der Waals surface area contributed by atoms with Crippen LogP contribution in [0.4, 0.5) is 0 Å². The van der Waals surface area contributed by atoms with Gasteiger partial charge in [-0.3, -0.25) is 4.79 Å². The molecule has 0 spiro atoms. The van der Waals surface area contributed by atoms with E-state index in [0.29, 0.717) is 24.3 Å². The summed E-state index contributed by atoms with van der Waals surface area (Å²) in [6.07, 6.45) is 3.15. The lowest BCUT2D eigenvalue weighted by Crippen LogP contribution is -2.25. The third-order valence-corrected chi connectivity index (χ3v) is 4.85. The van der Waals surface area contributed by atoms with Crippen molar-refractivity contribution in [3.05, 3.63) is 29.3 Å². The molecule has 6 heteroatoms. The standard InChI is InChI=1S/C15H23NO4S/c1-12-8-9-13(2)14(11-12)21(19,20)16-10-6-4-3-5-7-15(17)18/h8-9,11,16H,3-7,10H2,1-2H3,(H,17,18). The van der Waals surface area contributed by atoms with Crippen LogP contribution in [0.3, 0.4) is 0 Å². The van der Waals surface area contributed by atoms with E-state index in [2.05, 4.69) is 4.72 Å². The first-order valence-corrected chi connectivity index (χ1v) is 8.60. The summed E-state index contributed by atoms with van der Waals surface area (Å²) >= 11 is 0. The van der Waals surface area contributed by atoms with Crippen molar-refractivity contribution in [1.29, 1.82) is 0 Å². The van der Waals surface area contributed by atoms with Gasteiger partial charge >= 0.3 is 5.97 Å². The average molecular weight is 313 g/mol. The second-order valence-corrected chi connectivity index (χ2v) is 6.96. The van der Waals surface area contributed by atoms with E-state index in [1.54, 1.807) is 19.1 Å². The summed E-state index contributed by atoms with van der Waals surface area (Å²) in [6.45, 7) is 4.02. The number of aryl methyl sites for hydroxylation is 2. The molecule has 0 aromatic heterocycles. The Morgan fingerprint density at radius 2 is 1.81 bits per heavy atom. The SMILES string of the molecule is Cc1ccc(C)c(S(=O)(=O)NCCCCCCC(=O)O)c1. The van der Waals surface area contributed by atoms with Gasteiger partial charge in [0.15, 0.2) is 0 Å². The molecule has 1 aromatic carbocycles. The maximum Gasteiger partial charge on any atom is 0.303 e. The largest absolute Gasteiger partial charge is 0.481 e. The molecule has 0 fully saturated rings. The zero-order chi connectivity index (χ0) is 15.9. The first-order valence-electron chi connectivity index (χ1n) is 7.11. The molecule has 0 amide bonds.